The van der Waals surface area contributed by atoms with E-state index >= 15 is 0 Å². The van der Waals surface area contributed by atoms with E-state index < -0.39 is 5.82 Å². The van der Waals surface area contributed by atoms with Crippen molar-refractivity contribution in [2.24, 2.45) is 0 Å². The lowest BCUT2D eigenvalue weighted by Gasteiger charge is -2.07. The van der Waals surface area contributed by atoms with Gasteiger partial charge >= 0.3 is 0 Å². The molecule has 3 rings (SSSR count). The Bertz CT molecular complexity index is 1010. The van der Waals surface area contributed by atoms with Gasteiger partial charge in [0.05, 0.1) is 29.0 Å². The maximum Gasteiger partial charge on any atom is 0.136 e. The van der Waals surface area contributed by atoms with Gasteiger partial charge in [0.1, 0.15) is 18.2 Å². The van der Waals surface area contributed by atoms with Gasteiger partial charge in [0, 0.05) is 11.6 Å². The first-order chi connectivity index (χ1) is 14.1. The van der Waals surface area contributed by atoms with Crippen LogP contribution in [0.1, 0.15) is 31.7 Å². The predicted molar refractivity (Wildman–Crippen MR) is 115 cm³/mol. The molecule has 4 nitrogen and oxygen atoms in total. The molecule has 2 aromatic carbocycles. The molecule has 150 valence electrons. The molecule has 0 aliphatic rings. The molecule has 1 heterocycles. The van der Waals surface area contributed by atoms with Crippen molar-refractivity contribution in [3.8, 4) is 17.0 Å². The lowest BCUT2D eigenvalue weighted by Crippen LogP contribution is -1.97. The second kappa shape index (κ2) is 9.94. The van der Waals surface area contributed by atoms with Gasteiger partial charge in [-0.3, -0.25) is 4.98 Å². The summed E-state index contributed by atoms with van der Waals surface area (Å²) in [5.74, 6) is 0.0433. The fraction of sp³-hybridized carbons (Fsp3) is 0.250. The Hall–Kier alpha value is -3.05. The number of halogens is 1. The maximum atomic E-state index is 14.5. The van der Waals surface area contributed by atoms with Crippen LogP contribution in [0.4, 0.5) is 4.39 Å². The molecular weight excluding hydrogens is 367 g/mol. The smallest absolute Gasteiger partial charge is 0.136 e. The second-order valence-corrected chi connectivity index (χ2v) is 6.93. The minimum Gasteiger partial charge on any atom is -0.489 e. The number of aliphatic hydroxyl groups is 1. The third-order valence-corrected chi connectivity index (χ3v) is 4.45. The normalized spacial score (nSPS) is 12.4. The average molecular weight is 392 g/mol. The Morgan fingerprint density at radius 2 is 2.07 bits per heavy atom. The van der Waals surface area contributed by atoms with Crippen LogP contribution in [0.25, 0.3) is 28.4 Å². The minimum atomic E-state index is -0.406. The van der Waals surface area contributed by atoms with Crippen molar-refractivity contribution >= 4 is 17.1 Å². The van der Waals surface area contributed by atoms with Gasteiger partial charge in [-0.15, -0.1) is 0 Å². The van der Waals surface area contributed by atoms with E-state index in [0.29, 0.717) is 29.1 Å². The van der Waals surface area contributed by atoms with Crippen molar-refractivity contribution in [1.82, 2.24) is 9.97 Å². The van der Waals surface area contributed by atoms with Crippen molar-refractivity contribution < 1.29 is 14.2 Å². The number of aromatic nitrogens is 2. The van der Waals surface area contributed by atoms with E-state index in [4.69, 9.17) is 4.74 Å². The molecule has 1 aromatic heterocycles. The quantitative estimate of drug-likeness (QED) is 0.382. The third-order valence-electron chi connectivity index (χ3n) is 4.45. The minimum absolute atomic E-state index is 0.255. The molecule has 1 atom stereocenters. The highest BCUT2D eigenvalue weighted by atomic mass is 19.1. The van der Waals surface area contributed by atoms with Crippen LogP contribution in [0, 0.1) is 5.82 Å². The first-order valence-electron chi connectivity index (χ1n) is 9.72. The Balaban J connectivity index is 1.75. The number of aliphatic hydroxyl groups excluding tert-OH is 1. The molecule has 0 aliphatic carbocycles. The summed E-state index contributed by atoms with van der Waals surface area (Å²) in [7, 11) is 0. The molecule has 0 fully saturated rings. The van der Waals surface area contributed by atoms with Crippen LogP contribution >= 0.6 is 0 Å². The summed E-state index contributed by atoms with van der Waals surface area (Å²) in [5, 5.41) is 9.28. The monoisotopic (exact) mass is 392 g/mol. The highest BCUT2D eigenvalue weighted by molar-refractivity contribution is 5.79. The molecule has 1 N–H and O–H groups in total. The molecule has 0 amide bonds. The summed E-state index contributed by atoms with van der Waals surface area (Å²) in [6.45, 7) is 5.71. The van der Waals surface area contributed by atoms with E-state index in [1.807, 2.05) is 24.3 Å². The summed E-state index contributed by atoms with van der Waals surface area (Å²) in [4.78, 5) is 9.02. The molecule has 29 heavy (non-hydrogen) atoms. The number of ether oxygens (including phenoxy) is 1. The van der Waals surface area contributed by atoms with Gasteiger partial charge in [-0.1, -0.05) is 30.9 Å². The van der Waals surface area contributed by atoms with Gasteiger partial charge in [0.2, 0.25) is 0 Å². The third kappa shape index (κ3) is 5.72. The van der Waals surface area contributed by atoms with Gasteiger partial charge in [0.15, 0.2) is 0 Å². The first kappa shape index (κ1) is 20.7. The lowest BCUT2D eigenvalue weighted by atomic mass is 10.1. The molecule has 0 aliphatic heterocycles. The first-order valence-corrected chi connectivity index (χ1v) is 9.72. The number of nitrogens with zero attached hydrogens (tertiary/aromatic N) is 2. The van der Waals surface area contributed by atoms with Crippen molar-refractivity contribution in [3.05, 3.63) is 72.7 Å². The summed E-state index contributed by atoms with van der Waals surface area (Å²) >= 11 is 0. The predicted octanol–water partition coefficient (Wildman–Crippen LogP) is 5.57. The fourth-order valence-corrected chi connectivity index (χ4v) is 2.96. The van der Waals surface area contributed by atoms with E-state index in [1.165, 1.54) is 6.07 Å². The van der Waals surface area contributed by atoms with E-state index in [-0.39, 0.29) is 6.10 Å². The topological polar surface area (TPSA) is 55.2 Å². The number of rotatable bonds is 9. The zero-order valence-electron chi connectivity index (χ0n) is 16.5. The Kier molecular flexibility index (Phi) is 7.09. The molecule has 0 radical (unpaired) electrons. The standard InChI is InChI=1S/C24H25FN2O2/c1-3-13-29-19-10-11-20(21(25)15-19)24-16-26-23-14-18(9-12-22(23)27-24)8-6-4-5-7-17(2)28/h3,6,8-12,14-17,28H,1,4-5,7,13H2,2H3. The number of fused-ring (bicyclic) bond motifs is 1. The Labute approximate surface area is 170 Å². The number of allylic oxidation sites excluding steroid dienone is 1. The van der Waals surface area contributed by atoms with E-state index in [1.54, 1.807) is 31.3 Å². The lowest BCUT2D eigenvalue weighted by molar-refractivity contribution is 0.182. The molecule has 0 spiro atoms. The van der Waals surface area contributed by atoms with Crippen molar-refractivity contribution in [2.75, 3.05) is 6.61 Å². The number of hydrogen-bond acceptors (Lipinski definition) is 4. The maximum absolute atomic E-state index is 14.5. The zero-order valence-corrected chi connectivity index (χ0v) is 16.5. The zero-order chi connectivity index (χ0) is 20.6. The second-order valence-electron chi connectivity index (χ2n) is 6.93. The molecule has 0 saturated carbocycles. The molecule has 5 heteroatoms. The highest BCUT2D eigenvalue weighted by Crippen LogP contribution is 2.26. The molecule has 0 bridgehead atoms. The van der Waals surface area contributed by atoms with E-state index in [9.17, 15) is 9.50 Å². The Morgan fingerprint density at radius 3 is 2.83 bits per heavy atom. The Morgan fingerprint density at radius 1 is 1.21 bits per heavy atom. The number of benzene rings is 2. The van der Waals surface area contributed by atoms with Crippen LogP contribution < -0.4 is 4.74 Å². The van der Waals surface area contributed by atoms with Crippen molar-refractivity contribution in [2.45, 2.75) is 32.3 Å². The summed E-state index contributed by atoms with van der Waals surface area (Å²) in [6.07, 6.45) is 9.74. The van der Waals surface area contributed by atoms with Gasteiger partial charge < -0.3 is 9.84 Å². The molecule has 0 saturated heterocycles. The van der Waals surface area contributed by atoms with Gasteiger partial charge in [-0.05, 0) is 56.0 Å². The van der Waals surface area contributed by atoms with Crippen molar-refractivity contribution in [1.29, 1.82) is 0 Å². The van der Waals surface area contributed by atoms with Crippen LogP contribution in [-0.2, 0) is 0 Å². The molecular formula is C24H25FN2O2. The number of hydrogen-bond donors (Lipinski definition) is 1. The average Bonchev–Trinajstić information content (AvgIpc) is 2.71. The van der Waals surface area contributed by atoms with Crippen molar-refractivity contribution in [3.63, 3.8) is 0 Å². The van der Waals surface area contributed by atoms with Crippen LogP contribution in [0.3, 0.4) is 0 Å². The summed E-state index contributed by atoms with van der Waals surface area (Å²) < 4.78 is 19.8. The van der Waals surface area contributed by atoms with Crippen LogP contribution in [0.15, 0.2) is 61.3 Å². The fourth-order valence-electron chi connectivity index (χ4n) is 2.96. The van der Waals surface area contributed by atoms with E-state index in [2.05, 4.69) is 22.6 Å². The molecule has 1 unspecified atom stereocenters. The van der Waals surface area contributed by atoms with Crippen LogP contribution in [0.2, 0.25) is 0 Å². The largest absolute Gasteiger partial charge is 0.489 e. The number of unbranched alkanes of at least 4 members (excludes halogenated alkanes) is 1. The summed E-state index contributed by atoms with van der Waals surface area (Å²) in [6, 6.07) is 10.5. The summed E-state index contributed by atoms with van der Waals surface area (Å²) in [5.41, 5.74) is 3.36. The molecule has 3 aromatic rings. The SMILES string of the molecule is C=CCOc1ccc(-c2cnc3cc(C=CCCCC(C)O)ccc3n2)c(F)c1. The van der Waals surface area contributed by atoms with Crippen LogP contribution in [0.5, 0.6) is 5.75 Å². The highest BCUT2D eigenvalue weighted by Gasteiger charge is 2.10. The van der Waals surface area contributed by atoms with Gasteiger partial charge in [0.25, 0.3) is 0 Å². The van der Waals surface area contributed by atoms with Crippen LogP contribution in [-0.4, -0.2) is 27.8 Å². The van der Waals surface area contributed by atoms with Gasteiger partial charge in [-0.2, -0.15) is 0 Å². The van der Waals surface area contributed by atoms with E-state index in [0.717, 1.165) is 30.3 Å². The van der Waals surface area contributed by atoms with Gasteiger partial charge in [-0.25, -0.2) is 9.37 Å².